The molecule has 0 aliphatic rings. The maximum Gasteiger partial charge on any atom is 0.147 e. The van der Waals surface area contributed by atoms with Gasteiger partial charge >= 0.3 is 0 Å². The van der Waals surface area contributed by atoms with Crippen LogP contribution in [0.2, 0.25) is 10.0 Å². The summed E-state index contributed by atoms with van der Waals surface area (Å²) in [6, 6.07) is 13.5. The van der Waals surface area contributed by atoms with Gasteiger partial charge in [0.05, 0.1) is 5.02 Å². The highest BCUT2D eigenvalue weighted by Crippen LogP contribution is 2.34. The van der Waals surface area contributed by atoms with Crippen LogP contribution in [0.15, 0.2) is 42.5 Å². The van der Waals surface area contributed by atoms with Crippen molar-refractivity contribution in [2.75, 3.05) is 0 Å². The number of halogens is 2. The minimum absolute atomic E-state index is 0.450. The summed E-state index contributed by atoms with van der Waals surface area (Å²) in [7, 11) is 0. The van der Waals surface area contributed by atoms with Crippen molar-refractivity contribution in [1.82, 2.24) is 0 Å². The van der Waals surface area contributed by atoms with Crippen LogP contribution in [0.3, 0.4) is 0 Å². The molecule has 0 amide bonds. The van der Waals surface area contributed by atoms with Crippen molar-refractivity contribution in [3.63, 3.8) is 0 Å². The van der Waals surface area contributed by atoms with E-state index in [1.54, 1.807) is 6.07 Å². The molecule has 3 heteroatoms. The summed E-state index contributed by atoms with van der Waals surface area (Å²) in [5.41, 5.74) is 1.29. The van der Waals surface area contributed by atoms with E-state index in [0.717, 1.165) is 12.2 Å². The van der Waals surface area contributed by atoms with Crippen LogP contribution in [0.1, 0.15) is 31.7 Å². The smallest absolute Gasteiger partial charge is 0.147 e. The zero-order valence-electron chi connectivity index (χ0n) is 11.5. The summed E-state index contributed by atoms with van der Waals surface area (Å²) in [5.74, 6) is 1.38. The quantitative estimate of drug-likeness (QED) is 0.552. The summed E-state index contributed by atoms with van der Waals surface area (Å²) in [6.45, 7) is 2.21. The van der Waals surface area contributed by atoms with Crippen LogP contribution in [0, 0.1) is 0 Å². The maximum absolute atomic E-state index is 6.13. The van der Waals surface area contributed by atoms with Gasteiger partial charge in [0.15, 0.2) is 0 Å². The molecule has 0 unspecified atom stereocenters. The van der Waals surface area contributed by atoms with Gasteiger partial charge in [0.25, 0.3) is 0 Å². The summed E-state index contributed by atoms with van der Waals surface area (Å²) < 4.78 is 5.82. The molecular weight excluding hydrogens is 291 g/mol. The van der Waals surface area contributed by atoms with Crippen molar-refractivity contribution in [2.24, 2.45) is 0 Å². The fraction of sp³-hybridized carbons (Fsp3) is 0.294. The molecule has 106 valence electrons. The predicted octanol–water partition coefficient (Wildman–Crippen LogP) is 6.52. The fourth-order valence-corrected chi connectivity index (χ4v) is 2.36. The van der Waals surface area contributed by atoms with E-state index in [2.05, 4.69) is 19.1 Å². The number of unbranched alkanes of at least 4 members (excludes halogenated alkanes) is 2. The summed E-state index contributed by atoms with van der Waals surface area (Å²) >= 11 is 12.1. The van der Waals surface area contributed by atoms with Gasteiger partial charge in [-0.25, -0.2) is 0 Å². The molecule has 2 aromatic rings. The molecule has 1 nitrogen and oxygen atoms in total. The van der Waals surface area contributed by atoms with Crippen LogP contribution < -0.4 is 4.74 Å². The molecule has 20 heavy (non-hydrogen) atoms. The normalized spacial score (nSPS) is 10.6. The molecule has 0 atom stereocenters. The molecule has 0 aliphatic carbocycles. The Bertz CT molecular complexity index is 567. The minimum atomic E-state index is 0.450. The van der Waals surface area contributed by atoms with Crippen molar-refractivity contribution in [3.05, 3.63) is 58.1 Å². The van der Waals surface area contributed by atoms with Gasteiger partial charge < -0.3 is 4.74 Å². The number of benzene rings is 2. The van der Waals surface area contributed by atoms with Gasteiger partial charge in [-0.2, -0.15) is 0 Å². The van der Waals surface area contributed by atoms with Crippen molar-refractivity contribution < 1.29 is 4.74 Å². The lowest BCUT2D eigenvalue weighted by Crippen LogP contribution is -1.89. The molecule has 2 aromatic carbocycles. The van der Waals surface area contributed by atoms with Crippen LogP contribution in [0.25, 0.3) is 0 Å². The third-order valence-electron chi connectivity index (χ3n) is 3.11. The van der Waals surface area contributed by atoms with Gasteiger partial charge in [-0.05, 0) is 42.7 Å². The Balaban J connectivity index is 2.09. The number of aryl methyl sites for hydroxylation is 1. The lowest BCUT2D eigenvalue weighted by Gasteiger charge is -2.09. The third-order valence-corrected chi connectivity index (χ3v) is 3.91. The van der Waals surface area contributed by atoms with E-state index < -0.39 is 0 Å². The molecule has 0 saturated carbocycles. The number of hydrogen-bond acceptors (Lipinski definition) is 1. The first-order chi connectivity index (χ1) is 9.70. The fourth-order valence-electron chi connectivity index (χ4n) is 2.03. The molecular formula is C17H18Cl2O. The zero-order valence-corrected chi connectivity index (χ0v) is 13.0. The Morgan fingerprint density at radius 2 is 1.80 bits per heavy atom. The molecule has 0 spiro atoms. The molecule has 0 radical (unpaired) electrons. The predicted molar refractivity (Wildman–Crippen MR) is 86.2 cm³/mol. The number of rotatable bonds is 6. The Kier molecular flexibility index (Phi) is 5.75. The van der Waals surface area contributed by atoms with Crippen molar-refractivity contribution in [1.29, 1.82) is 0 Å². The van der Waals surface area contributed by atoms with E-state index in [1.807, 2.05) is 24.3 Å². The van der Waals surface area contributed by atoms with Crippen molar-refractivity contribution in [2.45, 2.75) is 32.6 Å². The van der Waals surface area contributed by atoms with Crippen LogP contribution in [-0.2, 0) is 6.42 Å². The Morgan fingerprint density at radius 1 is 1.00 bits per heavy atom. The first kappa shape index (κ1) is 15.2. The van der Waals surface area contributed by atoms with Crippen LogP contribution in [0.5, 0.6) is 11.5 Å². The topological polar surface area (TPSA) is 9.23 Å². The lowest BCUT2D eigenvalue weighted by molar-refractivity contribution is 0.482. The number of hydrogen-bond donors (Lipinski definition) is 0. The SMILES string of the molecule is CCCCCc1cccc(Oc2cccc(Cl)c2Cl)c1. The summed E-state index contributed by atoms with van der Waals surface area (Å²) in [4.78, 5) is 0. The van der Waals surface area contributed by atoms with E-state index in [0.29, 0.717) is 15.8 Å². The summed E-state index contributed by atoms with van der Waals surface area (Å²) in [5, 5.41) is 0.953. The molecule has 0 bridgehead atoms. The van der Waals surface area contributed by atoms with E-state index in [9.17, 15) is 0 Å². The third kappa shape index (κ3) is 4.16. The highest BCUT2D eigenvalue weighted by atomic mass is 35.5. The molecule has 0 saturated heterocycles. The molecule has 0 N–H and O–H groups in total. The van der Waals surface area contributed by atoms with E-state index in [4.69, 9.17) is 27.9 Å². The van der Waals surface area contributed by atoms with Gasteiger partial charge in [-0.3, -0.25) is 0 Å². The van der Waals surface area contributed by atoms with Crippen molar-refractivity contribution >= 4 is 23.2 Å². The van der Waals surface area contributed by atoms with Crippen molar-refractivity contribution in [3.8, 4) is 11.5 Å². The highest BCUT2D eigenvalue weighted by molar-refractivity contribution is 6.42. The highest BCUT2D eigenvalue weighted by Gasteiger charge is 2.06. The second kappa shape index (κ2) is 7.56. The average molecular weight is 309 g/mol. The van der Waals surface area contributed by atoms with Gasteiger partial charge in [0, 0.05) is 0 Å². The van der Waals surface area contributed by atoms with E-state index in [1.165, 1.54) is 24.8 Å². The Morgan fingerprint density at radius 3 is 2.60 bits per heavy atom. The summed E-state index contributed by atoms with van der Waals surface area (Å²) in [6.07, 6.45) is 4.77. The standard InChI is InChI=1S/C17H18Cl2O/c1-2-3-4-7-13-8-5-9-14(12-13)20-16-11-6-10-15(18)17(16)19/h5-6,8-12H,2-4,7H2,1H3. The Labute approximate surface area is 130 Å². The molecule has 2 rings (SSSR count). The van der Waals surface area contributed by atoms with Gasteiger partial charge in [-0.15, -0.1) is 0 Å². The maximum atomic E-state index is 6.13. The van der Waals surface area contributed by atoms with Gasteiger partial charge in [0.1, 0.15) is 16.5 Å². The molecule has 0 heterocycles. The monoisotopic (exact) mass is 308 g/mol. The van der Waals surface area contributed by atoms with Gasteiger partial charge in [-0.1, -0.05) is 61.2 Å². The second-order valence-corrected chi connectivity index (χ2v) is 5.54. The second-order valence-electron chi connectivity index (χ2n) is 4.76. The van der Waals surface area contributed by atoms with E-state index in [-0.39, 0.29) is 0 Å². The minimum Gasteiger partial charge on any atom is -0.456 e. The Hall–Kier alpha value is -1.18. The lowest BCUT2D eigenvalue weighted by atomic mass is 10.1. The van der Waals surface area contributed by atoms with Crippen LogP contribution in [0.4, 0.5) is 0 Å². The molecule has 0 fully saturated rings. The first-order valence-electron chi connectivity index (χ1n) is 6.91. The zero-order chi connectivity index (χ0) is 14.4. The van der Waals surface area contributed by atoms with Crippen LogP contribution >= 0.6 is 23.2 Å². The average Bonchev–Trinajstić information content (AvgIpc) is 2.45. The molecule has 0 aromatic heterocycles. The first-order valence-corrected chi connectivity index (χ1v) is 7.67. The van der Waals surface area contributed by atoms with Gasteiger partial charge in [0.2, 0.25) is 0 Å². The molecule has 0 aliphatic heterocycles. The van der Waals surface area contributed by atoms with Crippen LogP contribution in [-0.4, -0.2) is 0 Å². The largest absolute Gasteiger partial charge is 0.456 e. The number of ether oxygens (including phenoxy) is 1. The van der Waals surface area contributed by atoms with E-state index >= 15 is 0 Å².